The predicted octanol–water partition coefficient (Wildman–Crippen LogP) is 1.55. The molecule has 0 N–H and O–H groups in total. The van der Waals surface area contributed by atoms with E-state index in [9.17, 15) is 9.59 Å². The lowest BCUT2D eigenvalue weighted by Crippen LogP contribution is -2.46. The molecule has 150 valence electrons. The minimum Gasteiger partial charge on any atom is -0.340 e. The van der Waals surface area contributed by atoms with Crippen LogP contribution in [0.2, 0.25) is 0 Å². The van der Waals surface area contributed by atoms with E-state index in [1.807, 2.05) is 17.3 Å². The van der Waals surface area contributed by atoms with Crippen molar-refractivity contribution in [3.8, 4) is 0 Å². The molecule has 1 aromatic heterocycles. The molecular weight excluding hydrogens is 342 g/mol. The Morgan fingerprint density at radius 1 is 1.22 bits per heavy atom. The van der Waals surface area contributed by atoms with Gasteiger partial charge in [-0.3, -0.25) is 9.59 Å². The number of nitrogens with zero attached hydrogens (tertiary/aromatic N) is 5. The fourth-order valence-electron chi connectivity index (χ4n) is 4.06. The molecule has 1 unspecified atom stereocenters. The Balaban J connectivity index is 1.60. The first-order chi connectivity index (χ1) is 13.0. The van der Waals surface area contributed by atoms with Crippen molar-refractivity contribution in [2.45, 2.75) is 51.0 Å². The number of amides is 2. The van der Waals surface area contributed by atoms with Gasteiger partial charge in [0, 0.05) is 57.5 Å². The van der Waals surface area contributed by atoms with E-state index in [2.05, 4.69) is 28.5 Å². The molecule has 1 atom stereocenters. The van der Waals surface area contributed by atoms with Gasteiger partial charge in [0.05, 0.1) is 6.54 Å². The minimum atomic E-state index is 0.0846. The molecule has 0 spiro atoms. The number of rotatable bonds is 6. The summed E-state index contributed by atoms with van der Waals surface area (Å²) in [7, 11) is 4.14. The second kappa shape index (κ2) is 9.35. The highest BCUT2D eigenvalue weighted by molar-refractivity contribution is 5.85. The van der Waals surface area contributed by atoms with Crippen LogP contribution in [0.3, 0.4) is 0 Å². The molecule has 0 bridgehead atoms. The van der Waals surface area contributed by atoms with E-state index in [0.29, 0.717) is 13.0 Å². The summed E-state index contributed by atoms with van der Waals surface area (Å²) in [6.07, 6.45) is 9.57. The third-order valence-electron chi connectivity index (χ3n) is 5.67. The number of likely N-dealkylation sites (tertiary alicyclic amines) is 2. The molecule has 1 aromatic rings. The Morgan fingerprint density at radius 3 is 2.89 bits per heavy atom. The average Bonchev–Trinajstić information content (AvgIpc) is 3.04. The fraction of sp³-hybridized carbons (Fsp3) is 0.750. The molecule has 0 saturated carbocycles. The summed E-state index contributed by atoms with van der Waals surface area (Å²) >= 11 is 0. The van der Waals surface area contributed by atoms with Crippen LogP contribution in [0, 0.1) is 0 Å². The maximum atomic E-state index is 12.8. The van der Waals surface area contributed by atoms with E-state index in [1.54, 1.807) is 4.90 Å². The van der Waals surface area contributed by atoms with Crippen LogP contribution >= 0.6 is 0 Å². The summed E-state index contributed by atoms with van der Waals surface area (Å²) in [6.45, 7) is 4.33. The Bertz CT molecular complexity index is 642. The molecule has 27 heavy (non-hydrogen) atoms. The van der Waals surface area contributed by atoms with Crippen molar-refractivity contribution in [1.82, 2.24) is 24.3 Å². The standard InChI is InChI=1S/C20H33N5O2/c1-22(2)13-14-23-12-9-21-20(23)17-7-6-11-24(15-17)19(27)16-25-10-5-3-4-8-18(25)26/h9,12,17H,3-8,10-11,13-16H2,1-2H3. The average molecular weight is 376 g/mol. The van der Waals surface area contributed by atoms with Crippen molar-refractivity contribution in [3.63, 3.8) is 0 Å². The van der Waals surface area contributed by atoms with Crippen LogP contribution in [-0.2, 0) is 16.1 Å². The van der Waals surface area contributed by atoms with Crippen molar-refractivity contribution in [3.05, 3.63) is 18.2 Å². The topological polar surface area (TPSA) is 61.7 Å². The van der Waals surface area contributed by atoms with Gasteiger partial charge in [0.25, 0.3) is 0 Å². The lowest BCUT2D eigenvalue weighted by Gasteiger charge is -2.34. The number of imidazole rings is 1. The van der Waals surface area contributed by atoms with Gasteiger partial charge in [0.2, 0.25) is 11.8 Å². The first-order valence-corrected chi connectivity index (χ1v) is 10.3. The molecule has 2 aliphatic rings. The predicted molar refractivity (Wildman–Crippen MR) is 104 cm³/mol. The van der Waals surface area contributed by atoms with E-state index < -0.39 is 0 Å². The number of aromatic nitrogens is 2. The molecule has 0 aromatic carbocycles. The zero-order valence-corrected chi connectivity index (χ0v) is 16.8. The van der Waals surface area contributed by atoms with Crippen LogP contribution in [-0.4, -0.2) is 82.9 Å². The van der Waals surface area contributed by atoms with Gasteiger partial charge in [-0.25, -0.2) is 4.98 Å². The first-order valence-electron chi connectivity index (χ1n) is 10.3. The van der Waals surface area contributed by atoms with Gasteiger partial charge in [-0.1, -0.05) is 6.42 Å². The lowest BCUT2D eigenvalue weighted by atomic mass is 9.97. The SMILES string of the molecule is CN(C)CCn1ccnc1C1CCCN(C(=O)CN2CCCCCC2=O)C1. The van der Waals surface area contributed by atoms with Crippen molar-refractivity contribution < 1.29 is 9.59 Å². The zero-order valence-electron chi connectivity index (χ0n) is 16.8. The van der Waals surface area contributed by atoms with Crippen molar-refractivity contribution >= 4 is 11.8 Å². The molecule has 2 amide bonds. The van der Waals surface area contributed by atoms with Crippen molar-refractivity contribution in [2.24, 2.45) is 0 Å². The second-order valence-electron chi connectivity index (χ2n) is 8.09. The van der Waals surface area contributed by atoms with Gasteiger partial charge in [-0.15, -0.1) is 0 Å². The van der Waals surface area contributed by atoms with Crippen molar-refractivity contribution in [2.75, 3.05) is 46.8 Å². The Labute approximate surface area is 162 Å². The summed E-state index contributed by atoms with van der Waals surface area (Å²) in [5.74, 6) is 1.58. The van der Waals surface area contributed by atoms with Crippen LogP contribution in [0.5, 0.6) is 0 Å². The van der Waals surface area contributed by atoms with Crippen molar-refractivity contribution in [1.29, 1.82) is 0 Å². The third kappa shape index (κ3) is 5.31. The second-order valence-corrected chi connectivity index (χ2v) is 8.09. The number of likely N-dealkylation sites (N-methyl/N-ethyl adjacent to an activating group) is 1. The summed E-state index contributed by atoms with van der Waals surface area (Å²) in [6, 6.07) is 0. The summed E-state index contributed by atoms with van der Waals surface area (Å²) < 4.78 is 2.22. The lowest BCUT2D eigenvalue weighted by molar-refractivity contribution is -0.140. The van der Waals surface area contributed by atoms with Gasteiger partial charge < -0.3 is 19.3 Å². The number of piperidine rings is 1. The Hall–Kier alpha value is -1.89. The highest BCUT2D eigenvalue weighted by Crippen LogP contribution is 2.26. The normalized spacial score (nSPS) is 21.6. The molecular formula is C20H33N5O2. The van der Waals surface area contributed by atoms with Crippen LogP contribution < -0.4 is 0 Å². The maximum Gasteiger partial charge on any atom is 0.242 e. The summed E-state index contributed by atoms with van der Waals surface area (Å²) in [5, 5.41) is 0. The molecule has 7 nitrogen and oxygen atoms in total. The van der Waals surface area contributed by atoms with Gasteiger partial charge in [-0.2, -0.15) is 0 Å². The number of hydrogen-bond donors (Lipinski definition) is 0. The minimum absolute atomic E-state index is 0.0846. The van der Waals surface area contributed by atoms with Crippen LogP contribution in [0.25, 0.3) is 0 Å². The Kier molecular flexibility index (Phi) is 6.88. The molecule has 0 radical (unpaired) electrons. The van der Waals surface area contributed by atoms with Gasteiger partial charge in [0.1, 0.15) is 5.82 Å². The zero-order chi connectivity index (χ0) is 19.2. The highest BCUT2D eigenvalue weighted by Gasteiger charge is 2.29. The quantitative estimate of drug-likeness (QED) is 0.757. The number of carbonyl (C=O) groups is 2. The monoisotopic (exact) mass is 375 g/mol. The molecule has 3 rings (SSSR count). The largest absolute Gasteiger partial charge is 0.340 e. The van der Waals surface area contributed by atoms with Crippen LogP contribution in [0.15, 0.2) is 12.4 Å². The highest BCUT2D eigenvalue weighted by atomic mass is 16.2. The van der Waals surface area contributed by atoms with Gasteiger partial charge in [0.15, 0.2) is 0 Å². The van der Waals surface area contributed by atoms with E-state index >= 15 is 0 Å². The molecule has 2 aliphatic heterocycles. The maximum absolute atomic E-state index is 12.8. The Morgan fingerprint density at radius 2 is 2.07 bits per heavy atom. The first kappa shape index (κ1) is 19.9. The smallest absolute Gasteiger partial charge is 0.242 e. The summed E-state index contributed by atoms with van der Waals surface area (Å²) in [5.41, 5.74) is 0. The molecule has 7 heteroatoms. The molecule has 3 heterocycles. The van der Waals surface area contributed by atoms with Gasteiger partial charge in [-0.05, 0) is 39.8 Å². The van der Waals surface area contributed by atoms with Gasteiger partial charge >= 0.3 is 0 Å². The van der Waals surface area contributed by atoms with Crippen LogP contribution in [0.4, 0.5) is 0 Å². The van der Waals surface area contributed by atoms with Crippen LogP contribution in [0.1, 0.15) is 50.3 Å². The molecule has 2 fully saturated rings. The van der Waals surface area contributed by atoms with E-state index in [1.165, 1.54) is 0 Å². The third-order valence-corrected chi connectivity index (χ3v) is 5.67. The number of hydrogen-bond acceptors (Lipinski definition) is 4. The molecule has 2 saturated heterocycles. The van der Waals surface area contributed by atoms with E-state index in [4.69, 9.17) is 0 Å². The van der Waals surface area contributed by atoms with E-state index in [-0.39, 0.29) is 24.3 Å². The fourth-order valence-corrected chi connectivity index (χ4v) is 4.06. The van der Waals surface area contributed by atoms with E-state index in [0.717, 1.165) is 64.1 Å². The summed E-state index contributed by atoms with van der Waals surface area (Å²) in [4.78, 5) is 35.5. The molecule has 0 aliphatic carbocycles. The number of carbonyl (C=O) groups excluding carboxylic acids is 2.